The summed E-state index contributed by atoms with van der Waals surface area (Å²) in [5.41, 5.74) is 3.84. The molecule has 22 heavy (non-hydrogen) atoms. The van der Waals surface area contributed by atoms with Crippen molar-refractivity contribution in [3.63, 3.8) is 0 Å². The Labute approximate surface area is 129 Å². The van der Waals surface area contributed by atoms with Crippen molar-refractivity contribution in [3.05, 3.63) is 71.9 Å². The first-order valence-electron chi connectivity index (χ1n) is 7.57. The molecule has 0 spiro atoms. The Kier molecular flexibility index (Phi) is 3.11. The standard InChI is InChI=1S/C19H16N2O/c22-19(16-12-15-7-1-3-9-17(15)20-13-16)21-11-5-8-14-6-2-4-10-18(14)21/h1-4,6-7,9-10,12-13H,5,8,11H2. The van der Waals surface area contributed by atoms with E-state index in [0.29, 0.717) is 5.56 Å². The number of aromatic nitrogens is 1. The average Bonchev–Trinajstić information content (AvgIpc) is 2.60. The second kappa shape index (κ2) is 5.26. The lowest BCUT2D eigenvalue weighted by Crippen LogP contribution is -2.35. The van der Waals surface area contributed by atoms with E-state index in [2.05, 4.69) is 11.1 Å². The summed E-state index contributed by atoms with van der Waals surface area (Å²) in [6, 6.07) is 18.0. The van der Waals surface area contributed by atoms with Crippen LogP contribution >= 0.6 is 0 Å². The maximum absolute atomic E-state index is 12.9. The van der Waals surface area contributed by atoms with E-state index in [1.807, 2.05) is 53.4 Å². The normalized spacial score (nSPS) is 13.9. The number of aryl methyl sites for hydroxylation is 1. The Hall–Kier alpha value is -2.68. The van der Waals surface area contributed by atoms with Crippen LogP contribution in [0.2, 0.25) is 0 Å². The SMILES string of the molecule is O=C(c1cnc2ccccc2c1)N1CCCc2ccccc21. The largest absolute Gasteiger partial charge is 0.308 e. The third-order valence-electron chi connectivity index (χ3n) is 4.19. The van der Waals surface area contributed by atoms with Gasteiger partial charge >= 0.3 is 0 Å². The number of carbonyl (C=O) groups excluding carboxylic acids is 1. The molecule has 0 radical (unpaired) electrons. The van der Waals surface area contributed by atoms with Gasteiger partial charge < -0.3 is 4.90 Å². The molecule has 1 amide bonds. The molecule has 0 bridgehead atoms. The minimum atomic E-state index is 0.0328. The molecule has 2 heterocycles. The van der Waals surface area contributed by atoms with Crippen LogP contribution < -0.4 is 4.90 Å². The summed E-state index contributed by atoms with van der Waals surface area (Å²) in [4.78, 5) is 19.2. The lowest BCUT2D eigenvalue weighted by molar-refractivity contribution is 0.0985. The van der Waals surface area contributed by atoms with Crippen LogP contribution in [0, 0.1) is 0 Å². The molecule has 1 aliphatic rings. The zero-order valence-corrected chi connectivity index (χ0v) is 12.2. The second-order valence-electron chi connectivity index (χ2n) is 5.61. The maximum Gasteiger partial charge on any atom is 0.259 e. The molecule has 3 nitrogen and oxygen atoms in total. The smallest absolute Gasteiger partial charge is 0.259 e. The van der Waals surface area contributed by atoms with Crippen molar-refractivity contribution in [2.24, 2.45) is 0 Å². The number of hydrogen-bond donors (Lipinski definition) is 0. The summed E-state index contributed by atoms with van der Waals surface area (Å²) in [5.74, 6) is 0.0328. The highest BCUT2D eigenvalue weighted by atomic mass is 16.2. The summed E-state index contributed by atoms with van der Waals surface area (Å²) in [6.45, 7) is 0.767. The number of pyridine rings is 1. The van der Waals surface area contributed by atoms with Gasteiger partial charge in [-0.1, -0.05) is 36.4 Å². The van der Waals surface area contributed by atoms with Gasteiger partial charge in [0, 0.05) is 23.8 Å². The molecule has 3 heteroatoms. The fraction of sp³-hybridized carbons (Fsp3) is 0.158. The van der Waals surface area contributed by atoms with Crippen molar-refractivity contribution < 1.29 is 4.79 Å². The summed E-state index contributed by atoms with van der Waals surface area (Å²) in [7, 11) is 0. The predicted molar refractivity (Wildman–Crippen MR) is 88.2 cm³/mol. The van der Waals surface area contributed by atoms with E-state index in [9.17, 15) is 4.79 Å². The topological polar surface area (TPSA) is 33.2 Å². The van der Waals surface area contributed by atoms with Crippen molar-refractivity contribution in [1.29, 1.82) is 0 Å². The average molecular weight is 288 g/mol. The zero-order valence-electron chi connectivity index (χ0n) is 12.2. The van der Waals surface area contributed by atoms with Crippen LogP contribution in [0.3, 0.4) is 0 Å². The number of anilines is 1. The quantitative estimate of drug-likeness (QED) is 0.682. The van der Waals surface area contributed by atoms with E-state index in [1.54, 1.807) is 6.20 Å². The second-order valence-corrected chi connectivity index (χ2v) is 5.61. The van der Waals surface area contributed by atoms with Crippen molar-refractivity contribution >= 4 is 22.5 Å². The van der Waals surface area contributed by atoms with Gasteiger partial charge in [0.05, 0.1) is 11.1 Å². The molecule has 0 aliphatic carbocycles. The van der Waals surface area contributed by atoms with Crippen LogP contribution in [-0.4, -0.2) is 17.4 Å². The molecule has 3 aromatic rings. The van der Waals surface area contributed by atoms with E-state index in [4.69, 9.17) is 0 Å². The molecule has 4 rings (SSSR count). The third-order valence-corrected chi connectivity index (χ3v) is 4.19. The third kappa shape index (κ3) is 2.15. The number of carbonyl (C=O) groups is 1. The molecule has 1 aromatic heterocycles. The number of fused-ring (bicyclic) bond motifs is 2. The first-order valence-corrected chi connectivity index (χ1v) is 7.57. The lowest BCUT2D eigenvalue weighted by atomic mass is 10.0. The number of nitrogens with zero attached hydrogens (tertiary/aromatic N) is 2. The Morgan fingerprint density at radius 1 is 1.05 bits per heavy atom. The van der Waals surface area contributed by atoms with Crippen LogP contribution in [0.15, 0.2) is 60.8 Å². The van der Waals surface area contributed by atoms with E-state index in [1.165, 1.54) is 5.56 Å². The van der Waals surface area contributed by atoms with Crippen LogP contribution in [0.1, 0.15) is 22.3 Å². The predicted octanol–water partition coefficient (Wildman–Crippen LogP) is 3.83. The Bertz CT molecular complexity index is 857. The molecule has 0 unspecified atom stereocenters. The molecule has 0 saturated heterocycles. The van der Waals surface area contributed by atoms with Gasteiger partial charge in [0.2, 0.25) is 0 Å². The molecule has 0 saturated carbocycles. The van der Waals surface area contributed by atoms with Crippen LogP contribution in [0.5, 0.6) is 0 Å². The molecule has 108 valence electrons. The van der Waals surface area contributed by atoms with E-state index in [0.717, 1.165) is 36.0 Å². The van der Waals surface area contributed by atoms with Gasteiger partial charge in [-0.05, 0) is 36.6 Å². The van der Waals surface area contributed by atoms with Crippen molar-refractivity contribution in [1.82, 2.24) is 4.98 Å². The minimum absolute atomic E-state index is 0.0328. The van der Waals surface area contributed by atoms with Crippen molar-refractivity contribution in [2.75, 3.05) is 11.4 Å². The zero-order chi connectivity index (χ0) is 14.9. The van der Waals surface area contributed by atoms with Crippen molar-refractivity contribution in [2.45, 2.75) is 12.8 Å². The van der Waals surface area contributed by atoms with Gasteiger partial charge in [-0.3, -0.25) is 9.78 Å². The first kappa shape index (κ1) is 13.0. The number of para-hydroxylation sites is 2. The number of rotatable bonds is 1. The van der Waals surface area contributed by atoms with Gasteiger partial charge in [0.1, 0.15) is 0 Å². The summed E-state index contributed by atoms with van der Waals surface area (Å²) >= 11 is 0. The van der Waals surface area contributed by atoms with Crippen molar-refractivity contribution in [3.8, 4) is 0 Å². The van der Waals surface area contributed by atoms with E-state index in [-0.39, 0.29) is 5.91 Å². The van der Waals surface area contributed by atoms with E-state index < -0.39 is 0 Å². The Morgan fingerprint density at radius 2 is 1.86 bits per heavy atom. The highest BCUT2D eigenvalue weighted by Crippen LogP contribution is 2.28. The fourth-order valence-electron chi connectivity index (χ4n) is 3.09. The highest BCUT2D eigenvalue weighted by Gasteiger charge is 2.23. The van der Waals surface area contributed by atoms with Gasteiger partial charge in [0.15, 0.2) is 0 Å². The molecular weight excluding hydrogens is 272 g/mol. The minimum Gasteiger partial charge on any atom is -0.308 e. The summed E-state index contributed by atoms with van der Waals surface area (Å²) in [6.07, 6.45) is 3.72. The lowest BCUT2D eigenvalue weighted by Gasteiger charge is -2.29. The highest BCUT2D eigenvalue weighted by molar-refractivity contribution is 6.08. The van der Waals surface area contributed by atoms with E-state index >= 15 is 0 Å². The van der Waals surface area contributed by atoms with Gasteiger partial charge in [-0.2, -0.15) is 0 Å². The molecule has 0 atom stereocenters. The first-order chi connectivity index (χ1) is 10.8. The molecule has 0 N–H and O–H groups in total. The Morgan fingerprint density at radius 3 is 2.82 bits per heavy atom. The number of amides is 1. The number of benzene rings is 2. The molecule has 2 aromatic carbocycles. The maximum atomic E-state index is 12.9. The fourth-order valence-corrected chi connectivity index (χ4v) is 3.09. The van der Waals surface area contributed by atoms with Crippen LogP contribution in [0.4, 0.5) is 5.69 Å². The van der Waals surface area contributed by atoms with Gasteiger partial charge in [-0.25, -0.2) is 0 Å². The molecule has 1 aliphatic heterocycles. The van der Waals surface area contributed by atoms with Crippen LogP contribution in [-0.2, 0) is 6.42 Å². The summed E-state index contributed by atoms with van der Waals surface area (Å²) in [5, 5.41) is 0.999. The van der Waals surface area contributed by atoms with Gasteiger partial charge in [0.25, 0.3) is 5.91 Å². The molecule has 0 fully saturated rings. The number of hydrogen-bond acceptors (Lipinski definition) is 2. The Balaban J connectivity index is 1.75. The summed E-state index contributed by atoms with van der Waals surface area (Å²) < 4.78 is 0. The molecular formula is C19H16N2O. The monoisotopic (exact) mass is 288 g/mol. The van der Waals surface area contributed by atoms with Gasteiger partial charge in [-0.15, -0.1) is 0 Å². The van der Waals surface area contributed by atoms with Crippen LogP contribution in [0.25, 0.3) is 10.9 Å².